The molecule has 0 fully saturated rings. The summed E-state index contributed by atoms with van der Waals surface area (Å²) in [6, 6.07) is 5.48. The minimum Gasteiger partial charge on any atom is -0.496 e. The van der Waals surface area contributed by atoms with Gasteiger partial charge in [0.2, 0.25) is 0 Å². The Balaban J connectivity index is 2.90. The first-order chi connectivity index (χ1) is 8.35. The fourth-order valence-corrected chi connectivity index (χ4v) is 2.81. The molecule has 6 heteroatoms. The van der Waals surface area contributed by atoms with Crippen LogP contribution in [0.15, 0.2) is 18.2 Å². The van der Waals surface area contributed by atoms with E-state index in [4.69, 9.17) is 10.6 Å². The SMILES string of the molecule is COc1ccc(C)cc1CC(CS(C)(=O)=O)NN. The van der Waals surface area contributed by atoms with E-state index in [0.29, 0.717) is 6.42 Å². The summed E-state index contributed by atoms with van der Waals surface area (Å²) in [4.78, 5) is 0. The van der Waals surface area contributed by atoms with Crippen molar-refractivity contribution in [3.63, 3.8) is 0 Å². The third kappa shape index (κ3) is 4.64. The number of nitrogens with two attached hydrogens (primary N) is 1. The van der Waals surface area contributed by atoms with Crippen molar-refractivity contribution in [3.05, 3.63) is 29.3 Å². The molecule has 0 spiro atoms. The molecule has 0 saturated heterocycles. The first-order valence-corrected chi connectivity index (χ1v) is 7.69. The van der Waals surface area contributed by atoms with Crippen LogP contribution in [0.1, 0.15) is 11.1 Å². The first kappa shape index (κ1) is 14.9. The van der Waals surface area contributed by atoms with Gasteiger partial charge in [-0.05, 0) is 25.0 Å². The molecule has 0 aliphatic carbocycles. The predicted octanol–water partition coefficient (Wildman–Crippen LogP) is 0.423. The Morgan fingerprint density at radius 1 is 1.44 bits per heavy atom. The molecule has 5 nitrogen and oxygen atoms in total. The number of ether oxygens (including phenoxy) is 1. The molecule has 1 aromatic rings. The van der Waals surface area contributed by atoms with Crippen LogP contribution in [-0.2, 0) is 16.3 Å². The Morgan fingerprint density at radius 3 is 2.61 bits per heavy atom. The lowest BCUT2D eigenvalue weighted by molar-refractivity contribution is 0.406. The molecule has 0 aromatic heterocycles. The van der Waals surface area contributed by atoms with Crippen LogP contribution in [0.3, 0.4) is 0 Å². The molecule has 0 radical (unpaired) electrons. The summed E-state index contributed by atoms with van der Waals surface area (Å²) >= 11 is 0. The second kappa shape index (κ2) is 6.17. The van der Waals surface area contributed by atoms with E-state index in [1.807, 2.05) is 25.1 Å². The smallest absolute Gasteiger partial charge is 0.149 e. The highest BCUT2D eigenvalue weighted by Crippen LogP contribution is 2.21. The van der Waals surface area contributed by atoms with E-state index in [9.17, 15) is 8.42 Å². The van der Waals surface area contributed by atoms with Gasteiger partial charge in [0.25, 0.3) is 0 Å². The summed E-state index contributed by atoms with van der Waals surface area (Å²) in [5.41, 5.74) is 4.59. The van der Waals surface area contributed by atoms with Gasteiger partial charge in [0.05, 0.1) is 12.9 Å². The van der Waals surface area contributed by atoms with Crippen molar-refractivity contribution in [2.45, 2.75) is 19.4 Å². The Hall–Kier alpha value is -1.11. The topological polar surface area (TPSA) is 81.4 Å². The number of methoxy groups -OCH3 is 1. The molecule has 0 aliphatic rings. The van der Waals surface area contributed by atoms with Crippen LogP contribution in [0, 0.1) is 6.92 Å². The number of hydrogen-bond acceptors (Lipinski definition) is 5. The molecule has 0 amide bonds. The summed E-state index contributed by atoms with van der Waals surface area (Å²) in [6.45, 7) is 1.98. The van der Waals surface area contributed by atoms with Crippen LogP contribution in [0.25, 0.3) is 0 Å². The van der Waals surface area contributed by atoms with E-state index in [1.54, 1.807) is 7.11 Å². The van der Waals surface area contributed by atoms with Crippen molar-refractivity contribution in [2.24, 2.45) is 5.84 Å². The van der Waals surface area contributed by atoms with E-state index in [1.165, 1.54) is 6.26 Å². The molecule has 102 valence electrons. The molecule has 1 aromatic carbocycles. The van der Waals surface area contributed by atoms with Gasteiger partial charge < -0.3 is 4.74 Å². The first-order valence-electron chi connectivity index (χ1n) is 5.63. The summed E-state index contributed by atoms with van der Waals surface area (Å²) in [6.07, 6.45) is 1.71. The zero-order chi connectivity index (χ0) is 13.8. The highest BCUT2D eigenvalue weighted by atomic mass is 32.2. The monoisotopic (exact) mass is 272 g/mol. The quantitative estimate of drug-likeness (QED) is 0.579. The van der Waals surface area contributed by atoms with Gasteiger partial charge in [0, 0.05) is 12.3 Å². The molecular formula is C12H20N2O3S. The summed E-state index contributed by atoms with van der Waals surface area (Å²) in [5, 5.41) is 0. The lowest BCUT2D eigenvalue weighted by atomic mass is 10.0. The van der Waals surface area contributed by atoms with Crippen molar-refractivity contribution in [1.82, 2.24) is 5.43 Å². The molecule has 1 rings (SSSR count). The van der Waals surface area contributed by atoms with Crippen molar-refractivity contribution in [2.75, 3.05) is 19.1 Å². The van der Waals surface area contributed by atoms with Crippen LogP contribution < -0.4 is 16.0 Å². The maximum absolute atomic E-state index is 11.3. The van der Waals surface area contributed by atoms with Crippen LogP contribution in [0.5, 0.6) is 5.75 Å². The number of rotatable bonds is 6. The van der Waals surface area contributed by atoms with Crippen molar-refractivity contribution < 1.29 is 13.2 Å². The number of nitrogens with one attached hydrogen (secondary N) is 1. The maximum Gasteiger partial charge on any atom is 0.149 e. The zero-order valence-electron chi connectivity index (χ0n) is 10.9. The normalized spacial score (nSPS) is 13.3. The van der Waals surface area contributed by atoms with E-state index >= 15 is 0 Å². The Bertz CT molecular complexity index is 500. The molecule has 18 heavy (non-hydrogen) atoms. The summed E-state index contributed by atoms with van der Waals surface area (Å²) < 4.78 is 27.8. The van der Waals surface area contributed by atoms with Gasteiger partial charge in [-0.1, -0.05) is 17.7 Å². The van der Waals surface area contributed by atoms with E-state index in [2.05, 4.69) is 5.43 Å². The molecule has 3 N–H and O–H groups in total. The molecule has 0 heterocycles. The third-order valence-electron chi connectivity index (χ3n) is 2.64. The molecular weight excluding hydrogens is 252 g/mol. The number of hydrogen-bond donors (Lipinski definition) is 2. The lowest BCUT2D eigenvalue weighted by Crippen LogP contribution is -2.41. The lowest BCUT2D eigenvalue weighted by Gasteiger charge is -2.17. The van der Waals surface area contributed by atoms with E-state index in [-0.39, 0.29) is 11.8 Å². The number of benzene rings is 1. The second-order valence-electron chi connectivity index (χ2n) is 4.48. The van der Waals surface area contributed by atoms with E-state index in [0.717, 1.165) is 16.9 Å². The molecule has 0 saturated carbocycles. The fourth-order valence-electron chi connectivity index (χ4n) is 1.86. The minimum atomic E-state index is -3.07. The van der Waals surface area contributed by atoms with Gasteiger partial charge in [0.1, 0.15) is 15.6 Å². The number of aryl methyl sites for hydroxylation is 1. The molecule has 0 bridgehead atoms. The molecule has 1 unspecified atom stereocenters. The van der Waals surface area contributed by atoms with Gasteiger partial charge in [0.15, 0.2) is 0 Å². The summed E-state index contributed by atoms with van der Waals surface area (Å²) in [5.74, 6) is 6.15. The van der Waals surface area contributed by atoms with Crippen LogP contribution >= 0.6 is 0 Å². The largest absolute Gasteiger partial charge is 0.496 e. The predicted molar refractivity (Wildman–Crippen MR) is 72.3 cm³/mol. The van der Waals surface area contributed by atoms with Gasteiger partial charge in [-0.2, -0.15) is 0 Å². The minimum absolute atomic E-state index is 0.000591. The van der Waals surface area contributed by atoms with Gasteiger partial charge in [-0.15, -0.1) is 0 Å². The number of hydrazine groups is 1. The fraction of sp³-hybridized carbons (Fsp3) is 0.500. The van der Waals surface area contributed by atoms with Crippen molar-refractivity contribution >= 4 is 9.84 Å². The highest BCUT2D eigenvalue weighted by molar-refractivity contribution is 7.90. The summed E-state index contributed by atoms with van der Waals surface area (Å²) in [7, 11) is -1.48. The van der Waals surface area contributed by atoms with Crippen molar-refractivity contribution in [3.8, 4) is 5.75 Å². The Kier molecular flexibility index (Phi) is 5.13. The van der Waals surface area contributed by atoms with Crippen molar-refractivity contribution in [1.29, 1.82) is 0 Å². The van der Waals surface area contributed by atoms with Crippen LogP contribution in [0.2, 0.25) is 0 Å². The standard InChI is InChI=1S/C12H20N2O3S/c1-9-4-5-12(17-2)10(6-9)7-11(14-13)8-18(3,15)16/h4-6,11,14H,7-8,13H2,1-3H3. The Morgan fingerprint density at radius 2 is 2.11 bits per heavy atom. The Labute approximate surface area is 108 Å². The van der Waals surface area contributed by atoms with E-state index < -0.39 is 9.84 Å². The zero-order valence-corrected chi connectivity index (χ0v) is 11.8. The average molecular weight is 272 g/mol. The second-order valence-corrected chi connectivity index (χ2v) is 6.66. The highest BCUT2D eigenvalue weighted by Gasteiger charge is 2.16. The van der Waals surface area contributed by atoms with Gasteiger partial charge >= 0.3 is 0 Å². The third-order valence-corrected chi connectivity index (χ3v) is 3.65. The average Bonchev–Trinajstić information content (AvgIpc) is 2.26. The van der Waals surface area contributed by atoms with Crippen LogP contribution in [0.4, 0.5) is 0 Å². The van der Waals surface area contributed by atoms with Crippen LogP contribution in [-0.4, -0.2) is 33.6 Å². The van der Waals surface area contributed by atoms with Gasteiger partial charge in [-0.25, -0.2) is 8.42 Å². The molecule has 0 aliphatic heterocycles. The molecule has 1 atom stereocenters. The number of sulfone groups is 1. The maximum atomic E-state index is 11.3. The van der Waals surface area contributed by atoms with Gasteiger partial charge in [-0.3, -0.25) is 11.3 Å².